The summed E-state index contributed by atoms with van der Waals surface area (Å²) in [5, 5.41) is 12.7. The Bertz CT molecular complexity index is 522. The van der Waals surface area contributed by atoms with E-state index in [-0.39, 0.29) is 6.42 Å². The maximum Gasteiger partial charge on any atom is 0.334 e. The van der Waals surface area contributed by atoms with Crippen LogP contribution in [0.5, 0.6) is 5.75 Å². The van der Waals surface area contributed by atoms with Crippen molar-refractivity contribution < 1.29 is 14.4 Å². The highest BCUT2D eigenvalue weighted by Crippen LogP contribution is 2.33. The molecule has 0 saturated carbocycles. The second-order valence-electron chi connectivity index (χ2n) is 3.01. The molecule has 0 aliphatic rings. The Labute approximate surface area is 101 Å². The van der Waals surface area contributed by atoms with E-state index in [0.717, 1.165) is 4.85 Å². The zero-order valence-corrected chi connectivity index (χ0v) is 10.1. The van der Waals surface area contributed by atoms with Crippen molar-refractivity contribution in [3.8, 4) is 16.5 Å². The first-order chi connectivity index (χ1) is 8.26. The lowest BCUT2D eigenvalue weighted by molar-refractivity contribution is -0.145. The Balaban J connectivity index is 2.33. The molecule has 0 radical (unpaired) electrons. The first kappa shape index (κ1) is 11.5. The topological polar surface area (TPSA) is 79.1 Å². The molecule has 2 aromatic heterocycles. The van der Waals surface area contributed by atoms with Gasteiger partial charge in [0.05, 0.1) is 7.11 Å². The van der Waals surface area contributed by atoms with Crippen LogP contribution in [-0.2, 0) is 4.79 Å². The van der Waals surface area contributed by atoms with E-state index in [4.69, 9.17) is 9.57 Å². The van der Waals surface area contributed by atoms with Gasteiger partial charge in [-0.1, -0.05) is 6.92 Å². The predicted molar refractivity (Wildman–Crippen MR) is 59.6 cm³/mol. The quantitative estimate of drug-likeness (QED) is 0.750. The third kappa shape index (κ3) is 2.26. The number of thiophene rings is 1. The van der Waals surface area contributed by atoms with Crippen LogP contribution in [0.15, 0.2) is 11.4 Å². The van der Waals surface area contributed by atoms with E-state index in [0.29, 0.717) is 16.5 Å². The summed E-state index contributed by atoms with van der Waals surface area (Å²) in [4.78, 5) is 17.8. The molecular formula is C9H10N4O3S. The van der Waals surface area contributed by atoms with Gasteiger partial charge in [0.25, 0.3) is 0 Å². The van der Waals surface area contributed by atoms with Crippen molar-refractivity contribution >= 4 is 17.3 Å². The lowest BCUT2D eigenvalue weighted by Gasteiger charge is -2.03. The Hall–Kier alpha value is -1.96. The van der Waals surface area contributed by atoms with E-state index < -0.39 is 5.97 Å². The van der Waals surface area contributed by atoms with Gasteiger partial charge in [-0.05, 0) is 26.7 Å². The molecule has 8 heteroatoms. The molecule has 0 amide bonds. The average molecular weight is 254 g/mol. The van der Waals surface area contributed by atoms with Crippen molar-refractivity contribution in [3.63, 3.8) is 0 Å². The number of nitrogens with zero attached hydrogens (tertiary/aromatic N) is 4. The molecule has 0 saturated heterocycles. The zero-order chi connectivity index (χ0) is 12.3. The van der Waals surface area contributed by atoms with Crippen LogP contribution < -0.4 is 9.57 Å². The molecule has 0 N–H and O–H groups in total. The van der Waals surface area contributed by atoms with Gasteiger partial charge >= 0.3 is 5.97 Å². The normalized spacial score (nSPS) is 10.2. The molecule has 0 bridgehead atoms. The van der Waals surface area contributed by atoms with Crippen molar-refractivity contribution in [2.45, 2.75) is 13.3 Å². The van der Waals surface area contributed by atoms with Crippen LogP contribution in [0.3, 0.4) is 0 Å². The third-order valence-corrected chi connectivity index (χ3v) is 2.86. The Morgan fingerprint density at radius 2 is 2.41 bits per heavy atom. The summed E-state index contributed by atoms with van der Waals surface area (Å²) in [6.45, 7) is 1.69. The van der Waals surface area contributed by atoms with E-state index in [9.17, 15) is 4.79 Å². The number of methoxy groups -OCH3 is 1. The fourth-order valence-electron chi connectivity index (χ4n) is 1.16. The molecule has 2 rings (SSSR count). The van der Waals surface area contributed by atoms with E-state index >= 15 is 0 Å². The molecule has 2 heterocycles. The monoisotopic (exact) mass is 254 g/mol. The maximum atomic E-state index is 11.2. The fraction of sp³-hybridized carbons (Fsp3) is 0.333. The lowest BCUT2D eigenvalue weighted by Crippen LogP contribution is -2.20. The first-order valence-corrected chi connectivity index (χ1v) is 5.75. The molecule has 0 atom stereocenters. The molecular weight excluding hydrogens is 244 g/mol. The minimum Gasteiger partial charge on any atom is -0.495 e. The first-order valence-electron chi connectivity index (χ1n) is 4.87. The summed E-state index contributed by atoms with van der Waals surface area (Å²) >= 11 is 1.40. The molecule has 7 nitrogen and oxygen atoms in total. The van der Waals surface area contributed by atoms with Gasteiger partial charge < -0.3 is 9.57 Å². The fourth-order valence-corrected chi connectivity index (χ4v) is 1.97. The van der Waals surface area contributed by atoms with Crippen molar-refractivity contribution in [1.82, 2.24) is 20.4 Å². The van der Waals surface area contributed by atoms with Gasteiger partial charge in [-0.3, -0.25) is 0 Å². The molecule has 2 aromatic rings. The summed E-state index contributed by atoms with van der Waals surface area (Å²) in [6.07, 6.45) is 0.251. The lowest BCUT2D eigenvalue weighted by atomic mass is 10.4. The third-order valence-electron chi connectivity index (χ3n) is 1.97. The van der Waals surface area contributed by atoms with E-state index in [1.54, 1.807) is 20.1 Å². The molecule has 17 heavy (non-hydrogen) atoms. The van der Waals surface area contributed by atoms with Gasteiger partial charge in [0.1, 0.15) is 10.6 Å². The van der Waals surface area contributed by atoms with Crippen molar-refractivity contribution in [3.05, 3.63) is 11.4 Å². The van der Waals surface area contributed by atoms with Crippen molar-refractivity contribution in [2.24, 2.45) is 0 Å². The predicted octanol–water partition coefficient (Wildman–Crippen LogP) is 0.775. The van der Waals surface area contributed by atoms with Gasteiger partial charge in [-0.2, -0.15) is 0 Å². The van der Waals surface area contributed by atoms with Crippen LogP contribution in [0.4, 0.5) is 0 Å². The number of tetrazole rings is 1. The van der Waals surface area contributed by atoms with Crippen LogP contribution in [-0.4, -0.2) is 33.4 Å². The van der Waals surface area contributed by atoms with Crippen LogP contribution >= 0.6 is 11.3 Å². The maximum absolute atomic E-state index is 11.2. The average Bonchev–Trinajstić information content (AvgIpc) is 2.95. The largest absolute Gasteiger partial charge is 0.495 e. The van der Waals surface area contributed by atoms with Crippen molar-refractivity contribution in [1.29, 1.82) is 0 Å². The smallest absolute Gasteiger partial charge is 0.334 e. The molecule has 0 aromatic carbocycles. The number of rotatable bonds is 4. The van der Waals surface area contributed by atoms with Gasteiger partial charge in [0.15, 0.2) is 0 Å². The highest BCUT2D eigenvalue weighted by atomic mass is 32.1. The van der Waals surface area contributed by atoms with Gasteiger partial charge in [-0.25, -0.2) is 4.79 Å². The van der Waals surface area contributed by atoms with Crippen molar-refractivity contribution in [2.75, 3.05) is 7.11 Å². The standard InChI is InChI=1S/C9H10N4O3S/c1-3-7(14)16-13-9(10-11-12-13)8-6(15-2)4-5-17-8/h4-5H,3H2,1-2H3. The number of hydrogen-bond acceptors (Lipinski definition) is 7. The summed E-state index contributed by atoms with van der Waals surface area (Å²) in [6, 6.07) is 1.79. The Kier molecular flexibility index (Phi) is 3.33. The second-order valence-corrected chi connectivity index (χ2v) is 3.93. The van der Waals surface area contributed by atoms with Crippen LogP contribution in [0.2, 0.25) is 0 Å². The van der Waals surface area contributed by atoms with Gasteiger partial charge in [-0.15, -0.1) is 16.4 Å². The van der Waals surface area contributed by atoms with Gasteiger partial charge in [0, 0.05) is 6.42 Å². The summed E-state index contributed by atoms with van der Waals surface area (Å²) in [5.74, 6) is 0.575. The summed E-state index contributed by atoms with van der Waals surface area (Å²) in [5.41, 5.74) is 0. The molecule has 0 spiro atoms. The van der Waals surface area contributed by atoms with E-state index in [1.165, 1.54) is 11.3 Å². The number of carbonyl (C=O) groups excluding carboxylic acids is 1. The number of carbonyl (C=O) groups is 1. The SMILES string of the molecule is CCC(=O)On1nnnc1-c1sccc1OC. The summed E-state index contributed by atoms with van der Waals surface area (Å²) in [7, 11) is 1.55. The van der Waals surface area contributed by atoms with Crippen LogP contribution in [0, 0.1) is 0 Å². The van der Waals surface area contributed by atoms with E-state index in [2.05, 4.69) is 15.5 Å². The molecule has 0 aliphatic heterocycles. The van der Waals surface area contributed by atoms with Crippen LogP contribution in [0.1, 0.15) is 13.3 Å². The second kappa shape index (κ2) is 4.91. The van der Waals surface area contributed by atoms with E-state index in [1.807, 2.05) is 5.38 Å². The molecule has 0 aliphatic carbocycles. The highest BCUT2D eigenvalue weighted by Gasteiger charge is 2.18. The Morgan fingerprint density at radius 3 is 3.12 bits per heavy atom. The zero-order valence-electron chi connectivity index (χ0n) is 9.28. The highest BCUT2D eigenvalue weighted by molar-refractivity contribution is 7.13. The molecule has 0 fully saturated rings. The molecule has 90 valence electrons. The Morgan fingerprint density at radius 1 is 1.59 bits per heavy atom. The minimum absolute atomic E-state index is 0.251. The molecule has 0 unspecified atom stereocenters. The summed E-state index contributed by atoms with van der Waals surface area (Å²) < 4.78 is 5.16. The minimum atomic E-state index is -0.408. The number of hydrogen-bond donors (Lipinski definition) is 0. The number of aromatic nitrogens is 4. The van der Waals surface area contributed by atoms with Crippen LogP contribution in [0.25, 0.3) is 10.7 Å². The number of ether oxygens (including phenoxy) is 1. The van der Waals surface area contributed by atoms with Gasteiger partial charge in [0.2, 0.25) is 5.82 Å².